The van der Waals surface area contributed by atoms with E-state index in [4.69, 9.17) is 0 Å². The number of anilines is 2. The lowest BCUT2D eigenvalue weighted by atomic mass is 9.90. The van der Waals surface area contributed by atoms with Crippen molar-refractivity contribution in [3.05, 3.63) is 65.5 Å². The molecule has 2 aromatic carbocycles. The van der Waals surface area contributed by atoms with Crippen LogP contribution >= 0.6 is 11.3 Å². The predicted molar refractivity (Wildman–Crippen MR) is 110 cm³/mol. The van der Waals surface area contributed by atoms with Crippen LogP contribution in [0.2, 0.25) is 0 Å². The lowest BCUT2D eigenvalue weighted by Gasteiger charge is -2.24. The highest BCUT2D eigenvalue weighted by Gasteiger charge is 2.30. The molecule has 1 unspecified atom stereocenters. The zero-order chi connectivity index (χ0) is 19.1. The first-order valence-corrected chi connectivity index (χ1v) is 9.78. The Bertz CT molecular complexity index is 1200. The number of imidazole rings is 1. The molecule has 0 spiro atoms. The van der Waals surface area contributed by atoms with Gasteiger partial charge < -0.3 is 15.6 Å². The van der Waals surface area contributed by atoms with Crippen LogP contribution in [0.1, 0.15) is 17.9 Å². The van der Waals surface area contributed by atoms with E-state index in [-0.39, 0.29) is 18.2 Å². The van der Waals surface area contributed by atoms with E-state index >= 15 is 0 Å². The monoisotopic (exact) mass is 388 g/mol. The Morgan fingerprint density at radius 3 is 2.89 bits per heavy atom. The van der Waals surface area contributed by atoms with Crippen molar-refractivity contribution >= 4 is 45.6 Å². The first-order chi connectivity index (χ1) is 13.7. The standard InChI is InChI=1S/C21H16N4O2S/c26-19-11-14(13-4-1-2-5-15(13)23-19)21(27)22-12-7-8-16-17(10-12)25-20(24-16)18-6-3-9-28-18/h1-10,14H,11H2,(H,22,27)(H,23,26)(H,24,25). The summed E-state index contributed by atoms with van der Waals surface area (Å²) in [5, 5.41) is 7.77. The van der Waals surface area contributed by atoms with Crippen molar-refractivity contribution in [3.63, 3.8) is 0 Å². The first kappa shape index (κ1) is 16.7. The van der Waals surface area contributed by atoms with E-state index in [2.05, 4.69) is 20.6 Å². The third kappa shape index (κ3) is 2.95. The molecule has 0 aliphatic carbocycles. The molecular weight excluding hydrogens is 372 g/mol. The molecule has 0 saturated heterocycles. The Morgan fingerprint density at radius 2 is 2.04 bits per heavy atom. The largest absolute Gasteiger partial charge is 0.337 e. The highest BCUT2D eigenvalue weighted by molar-refractivity contribution is 7.13. The fourth-order valence-electron chi connectivity index (χ4n) is 3.49. The molecule has 7 heteroatoms. The highest BCUT2D eigenvalue weighted by Crippen LogP contribution is 2.33. The molecule has 6 nitrogen and oxygen atoms in total. The molecule has 2 amide bonds. The van der Waals surface area contributed by atoms with Crippen LogP contribution in [0.5, 0.6) is 0 Å². The van der Waals surface area contributed by atoms with Crippen LogP contribution in [0.3, 0.4) is 0 Å². The Balaban J connectivity index is 1.42. The van der Waals surface area contributed by atoms with Crippen molar-refractivity contribution < 1.29 is 9.59 Å². The van der Waals surface area contributed by atoms with E-state index in [0.29, 0.717) is 11.4 Å². The van der Waals surface area contributed by atoms with Gasteiger partial charge in [0, 0.05) is 17.8 Å². The van der Waals surface area contributed by atoms with Crippen LogP contribution in [0, 0.1) is 0 Å². The summed E-state index contributed by atoms with van der Waals surface area (Å²) >= 11 is 1.62. The maximum absolute atomic E-state index is 12.9. The Labute approximate surface area is 164 Å². The first-order valence-electron chi connectivity index (χ1n) is 8.91. The van der Waals surface area contributed by atoms with Gasteiger partial charge in [0.15, 0.2) is 0 Å². The van der Waals surface area contributed by atoms with Crippen LogP contribution in [-0.4, -0.2) is 21.8 Å². The number of amides is 2. The molecular formula is C21H16N4O2S. The van der Waals surface area contributed by atoms with Crippen LogP contribution in [-0.2, 0) is 9.59 Å². The van der Waals surface area contributed by atoms with E-state index in [1.165, 1.54) is 0 Å². The van der Waals surface area contributed by atoms with Crippen molar-refractivity contribution in [2.45, 2.75) is 12.3 Å². The van der Waals surface area contributed by atoms with Crippen LogP contribution in [0.25, 0.3) is 21.7 Å². The number of nitrogens with one attached hydrogen (secondary N) is 3. The van der Waals surface area contributed by atoms with Gasteiger partial charge in [-0.25, -0.2) is 4.98 Å². The second-order valence-electron chi connectivity index (χ2n) is 6.68. The molecule has 138 valence electrons. The second-order valence-corrected chi connectivity index (χ2v) is 7.62. The van der Waals surface area contributed by atoms with Crippen LogP contribution < -0.4 is 10.6 Å². The zero-order valence-electron chi connectivity index (χ0n) is 14.7. The number of aromatic amines is 1. The van der Waals surface area contributed by atoms with E-state index in [0.717, 1.165) is 27.3 Å². The number of aromatic nitrogens is 2. The molecule has 0 saturated carbocycles. The second kappa shape index (κ2) is 6.61. The molecule has 28 heavy (non-hydrogen) atoms. The van der Waals surface area contributed by atoms with Gasteiger partial charge in [0.1, 0.15) is 5.82 Å². The smallest absolute Gasteiger partial charge is 0.232 e. The van der Waals surface area contributed by atoms with Crippen molar-refractivity contribution in [1.29, 1.82) is 0 Å². The summed E-state index contributed by atoms with van der Waals surface area (Å²) in [7, 11) is 0. The van der Waals surface area contributed by atoms with Crippen molar-refractivity contribution in [2.75, 3.05) is 10.6 Å². The average molecular weight is 388 g/mol. The Hall–Kier alpha value is -3.45. The number of carbonyl (C=O) groups is 2. The number of hydrogen-bond acceptors (Lipinski definition) is 4. The lowest BCUT2D eigenvalue weighted by molar-refractivity contribution is -0.123. The molecule has 1 atom stereocenters. The van der Waals surface area contributed by atoms with Crippen molar-refractivity contribution in [1.82, 2.24) is 9.97 Å². The van der Waals surface area contributed by atoms with Gasteiger partial charge in [0.05, 0.1) is 21.8 Å². The van der Waals surface area contributed by atoms with Gasteiger partial charge in [-0.1, -0.05) is 24.3 Å². The number of rotatable bonds is 3. The molecule has 3 heterocycles. The number of nitrogens with zero attached hydrogens (tertiary/aromatic N) is 1. The maximum Gasteiger partial charge on any atom is 0.232 e. The number of para-hydroxylation sites is 1. The van der Waals surface area contributed by atoms with E-state index in [1.54, 1.807) is 11.3 Å². The fraction of sp³-hybridized carbons (Fsp3) is 0.0952. The van der Waals surface area contributed by atoms with Gasteiger partial charge in [-0.05, 0) is 41.3 Å². The summed E-state index contributed by atoms with van der Waals surface area (Å²) in [6.45, 7) is 0. The van der Waals surface area contributed by atoms with Gasteiger partial charge in [0.2, 0.25) is 11.8 Å². The molecule has 4 aromatic rings. The minimum atomic E-state index is -0.510. The lowest BCUT2D eigenvalue weighted by Crippen LogP contribution is -2.30. The number of fused-ring (bicyclic) bond motifs is 2. The summed E-state index contributed by atoms with van der Waals surface area (Å²) in [4.78, 5) is 33.8. The molecule has 3 N–H and O–H groups in total. The molecule has 1 aliphatic heterocycles. The fourth-order valence-corrected chi connectivity index (χ4v) is 4.16. The molecule has 1 aliphatic rings. The number of benzene rings is 2. The summed E-state index contributed by atoms with van der Waals surface area (Å²) in [6, 6.07) is 17.0. The summed E-state index contributed by atoms with van der Waals surface area (Å²) in [5.41, 5.74) is 3.89. The van der Waals surface area contributed by atoms with Crippen LogP contribution in [0.15, 0.2) is 60.0 Å². The van der Waals surface area contributed by atoms with Crippen LogP contribution in [0.4, 0.5) is 11.4 Å². The van der Waals surface area contributed by atoms with Gasteiger partial charge in [-0.15, -0.1) is 11.3 Å². The third-order valence-electron chi connectivity index (χ3n) is 4.82. The number of carbonyl (C=O) groups excluding carboxylic acids is 2. The summed E-state index contributed by atoms with van der Waals surface area (Å²) < 4.78 is 0. The SMILES string of the molecule is O=C1CC(C(=O)Nc2ccc3nc(-c4cccs4)[nH]c3c2)c2ccccc2N1. The van der Waals surface area contributed by atoms with E-state index < -0.39 is 5.92 Å². The van der Waals surface area contributed by atoms with Crippen molar-refractivity contribution in [2.24, 2.45) is 0 Å². The maximum atomic E-state index is 12.9. The van der Waals surface area contributed by atoms with Gasteiger partial charge in [-0.2, -0.15) is 0 Å². The molecule has 5 rings (SSSR count). The molecule has 0 fully saturated rings. The summed E-state index contributed by atoms with van der Waals surface area (Å²) in [5.74, 6) is -0.0430. The molecule has 2 aromatic heterocycles. The van der Waals surface area contributed by atoms with E-state index in [1.807, 2.05) is 60.0 Å². The number of hydrogen-bond donors (Lipinski definition) is 3. The average Bonchev–Trinajstić information content (AvgIpc) is 3.36. The topological polar surface area (TPSA) is 86.9 Å². The zero-order valence-corrected chi connectivity index (χ0v) is 15.5. The third-order valence-corrected chi connectivity index (χ3v) is 5.70. The predicted octanol–water partition coefficient (Wildman–Crippen LogP) is 4.36. The highest BCUT2D eigenvalue weighted by atomic mass is 32.1. The van der Waals surface area contributed by atoms with E-state index in [9.17, 15) is 9.59 Å². The Kier molecular flexibility index (Phi) is 3.95. The van der Waals surface area contributed by atoms with Gasteiger partial charge in [0.25, 0.3) is 0 Å². The minimum Gasteiger partial charge on any atom is -0.337 e. The quantitative estimate of drug-likeness (QED) is 0.487. The van der Waals surface area contributed by atoms with Gasteiger partial charge >= 0.3 is 0 Å². The Morgan fingerprint density at radius 1 is 1.14 bits per heavy atom. The summed E-state index contributed by atoms with van der Waals surface area (Å²) in [6.07, 6.45) is 0.137. The van der Waals surface area contributed by atoms with Gasteiger partial charge in [-0.3, -0.25) is 9.59 Å². The molecule has 0 bridgehead atoms. The molecule has 0 radical (unpaired) electrons. The normalized spacial score (nSPS) is 15.9. The van der Waals surface area contributed by atoms with Crippen molar-refractivity contribution in [3.8, 4) is 10.7 Å². The number of H-pyrrole nitrogens is 1. The number of thiophene rings is 1. The minimum absolute atomic E-state index is 0.137.